The first-order chi connectivity index (χ1) is 11.7. The zero-order chi connectivity index (χ0) is 16.5. The van der Waals surface area contributed by atoms with Gasteiger partial charge in [-0.1, -0.05) is 16.8 Å². The summed E-state index contributed by atoms with van der Waals surface area (Å²) in [5.41, 5.74) is 1.43. The Morgan fingerprint density at radius 1 is 1.21 bits per heavy atom. The Labute approximate surface area is 143 Å². The van der Waals surface area contributed by atoms with Gasteiger partial charge in [-0.25, -0.2) is 0 Å². The lowest BCUT2D eigenvalue weighted by molar-refractivity contribution is 0.0569. The lowest BCUT2D eigenvalue weighted by Crippen LogP contribution is -2.48. The third kappa shape index (κ3) is 2.76. The number of benzene rings is 1. The Morgan fingerprint density at radius 2 is 2.00 bits per heavy atom. The number of carbonyl (C=O) groups is 1. The predicted molar refractivity (Wildman–Crippen MR) is 87.6 cm³/mol. The molecule has 3 aromatic rings. The molecule has 1 amide bonds. The van der Waals surface area contributed by atoms with Crippen LogP contribution in [0.5, 0.6) is 0 Å². The van der Waals surface area contributed by atoms with Crippen LogP contribution in [0.2, 0.25) is 5.02 Å². The van der Waals surface area contributed by atoms with E-state index in [0.717, 1.165) is 5.56 Å². The Bertz CT molecular complexity index is 858. The van der Waals surface area contributed by atoms with Crippen molar-refractivity contribution in [3.63, 3.8) is 0 Å². The molecule has 0 bridgehead atoms. The molecule has 0 aliphatic carbocycles. The van der Waals surface area contributed by atoms with E-state index in [-0.39, 0.29) is 11.8 Å². The number of rotatable bonds is 3. The number of halogens is 1. The fourth-order valence-corrected chi connectivity index (χ4v) is 2.71. The van der Waals surface area contributed by atoms with Gasteiger partial charge >= 0.3 is 0 Å². The maximum atomic E-state index is 12.3. The summed E-state index contributed by atoms with van der Waals surface area (Å²) in [7, 11) is 0. The molecule has 0 saturated carbocycles. The standard InChI is InChI=1S/C17H13ClN4O2/c18-14-5-3-11(4-6-14)17(23)22-9-13(10-22)16-20-15(21-24-16)12-2-1-7-19-8-12/h1-8,13H,9-10H2. The fraction of sp³-hybridized carbons (Fsp3) is 0.176. The van der Waals surface area contributed by atoms with E-state index < -0.39 is 0 Å². The lowest BCUT2D eigenvalue weighted by Gasteiger charge is -2.37. The van der Waals surface area contributed by atoms with E-state index in [4.69, 9.17) is 16.1 Å². The van der Waals surface area contributed by atoms with Crippen molar-refractivity contribution in [3.8, 4) is 11.4 Å². The fourth-order valence-electron chi connectivity index (χ4n) is 2.59. The maximum Gasteiger partial charge on any atom is 0.253 e. The van der Waals surface area contributed by atoms with Gasteiger partial charge < -0.3 is 9.42 Å². The minimum Gasteiger partial charge on any atom is -0.339 e. The summed E-state index contributed by atoms with van der Waals surface area (Å²) in [5, 5.41) is 4.60. The number of hydrogen-bond acceptors (Lipinski definition) is 5. The van der Waals surface area contributed by atoms with Crippen molar-refractivity contribution in [1.82, 2.24) is 20.0 Å². The van der Waals surface area contributed by atoms with Gasteiger partial charge in [-0.05, 0) is 36.4 Å². The molecule has 6 nitrogen and oxygen atoms in total. The molecule has 1 aliphatic rings. The second-order valence-electron chi connectivity index (χ2n) is 5.61. The van der Waals surface area contributed by atoms with E-state index in [1.54, 1.807) is 41.6 Å². The summed E-state index contributed by atoms with van der Waals surface area (Å²) in [4.78, 5) is 22.5. The number of carbonyl (C=O) groups excluding carboxylic acids is 1. The summed E-state index contributed by atoms with van der Waals surface area (Å²) < 4.78 is 5.33. The molecule has 2 aromatic heterocycles. The van der Waals surface area contributed by atoms with Crippen LogP contribution in [0.1, 0.15) is 22.2 Å². The van der Waals surface area contributed by atoms with Gasteiger partial charge in [-0.2, -0.15) is 4.98 Å². The molecular weight excluding hydrogens is 328 g/mol. The second-order valence-corrected chi connectivity index (χ2v) is 6.05. The van der Waals surface area contributed by atoms with Crippen LogP contribution < -0.4 is 0 Å². The van der Waals surface area contributed by atoms with Crippen molar-refractivity contribution >= 4 is 17.5 Å². The maximum absolute atomic E-state index is 12.3. The average Bonchev–Trinajstić information content (AvgIpc) is 3.04. The summed E-state index contributed by atoms with van der Waals surface area (Å²) >= 11 is 5.84. The van der Waals surface area contributed by atoms with E-state index in [2.05, 4.69) is 15.1 Å². The largest absolute Gasteiger partial charge is 0.339 e. The minimum absolute atomic E-state index is 0.0186. The van der Waals surface area contributed by atoms with Crippen LogP contribution in [-0.2, 0) is 0 Å². The molecule has 0 atom stereocenters. The molecule has 120 valence electrons. The molecule has 0 radical (unpaired) electrons. The Balaban J connectivity index is 1.42. The number of hydrogen-bond donors (Lipinski definition) is 0. The van der Waals surface area contributed by atoms with Crippen LogP contribution in [0.4, 0.5) is 0 Å². The van der Waals surface area contributed by atoms with E-state index in [9.17, 15) is 4.79 Å². The summed E-state index contributed by atoms with van der Waals surface area (Å²) in [5.74, 6) is 1.11. The molecular formula is C17H13ClN4O2. The van der Waals surface area contributed by atoms with E-state index in [1.165, 1.54) is 0 Å². The van der Waals surface area contributed by atoms with Gasteiger partial charge in [0.05, 0.1) is 5.92 Å². The van der Waals surface area contributed by atoms with Crippen molar-refractivity contribution < 1.29 is 9.32 Å². The lowest BCUT2D eigenvalue weighted by atomic mass is 9.99. The normalized spacial score (nSPS) is 14.5. The van der Waals surface area contributed by atoms with Gasteiger partial charge in [0.15, 0.2) is 0 Å². The number of aromatic nitrogens is 3. The van der Waals surface area contributed by atoms with Crippen molar-refractivity contribution in [2.45, 2.75) is 5.92 Å². The van der Waals surface area contributed by atoms with Crippen molar-refractivity contribution in [2.75, 3.05) is 13.1 Å². The number of likely N-dealkylation sites (tertiary alicyclic amines) is 1. The molecule has 1 aliphatic heterocycles. The van der Waals surface area contributed by atoms with Crippen LogP contribution in [0.15, 0.2) is 53.3 Å². The van der Waals surface area contributed by atoms with E-state index in [0.29, 0.717) is 35.4 Å². The van der Waals surface area contributed by atoms with Gasteiger partial charge in [0.2, 0.25) is 11.7 Å². The third-order valence-corrected chi connectivity index (χ3v) is 4.22. The average molecular weight is 341 g/mol. The molecule has 3 heterocycles. The monoisotopic (exact) mass is 340 g/mol. The molecule has 0 N–H and O–H groups in total. The van der Waals surface area contributed by atoms with Gasteiger partial charge in [0.25, 0.3) is 5.91 Å². The zero-order valence-corrected chi connectivity index (χ0v) is 13.3. The molecule has 1 fully saturated rings. The summed E-state index contributed by atoms with van der Waals surface area (Å²) in [6.45, 7) is 1.13. The highest BCUT2D eigenvalue weighted by atomic mass is 35.5. The highest BCUT2D eigenvalue weighted by Gasteiger charge is 2.36. The zero-order valence-electron chi connectivity index (χ0n) is 12.6. The number of pyridine rings is 1. The van der Waals surface area contributed by atoms with Gasteiger partial charge in [-0.3, -0.25) is 9.78 Å². The Hall–Kier alpha value is -2.73. The Morgan fingerprint density at radius 3 is 2.71 bits per heavy atom. The summed E-state index contributed by atoms with van der Waals surface area (Å²) in [6.07, 6.45) is 3.38. The van der Waals surface area contributed by atoms with Crippen LogP contribution in [0, 0.1) is 0 Å². The molecule has 0 unspecified atom stereocenters. The second kappa shape index (κ2) is 6.05. The minimum atomic E-state index is -0.0186. The molecule has 1 saturated heterocycles. The van der Waals surface area contributed by atoms with Gasteiger partial charge in [-0.15, -0.1) is 0 Å². The third-order valence-electron chi connectivity index (χ3n) is 3.97. The molecule has 24 heavy (non-hydrogen) atoms. The van der Waals surface area contributed by atoms with Crippen LogP contribution in [-0.4, -0.2) is 39.0 Å². The topological polar surface area (TPSA) is 72.1 Å². The predicted octanol–water partition coefficient (Wildman–Crippen LogP) is 3.02. The van der Waals surface area contributed by atoms with E-state index in [1.807, 2.05) is 12.1 Å². The first kappa shape index (κ1) is 14.8. The smallest absolute Gasteiger partial charge is 0.253 e. The van der Waals surface area contributed by atoms with Crippen molar-refractivity contribution in [2.24, 2.45) is 0 Å². The number of nitrogens with zero attached hydrogens (tertiary/aromatic N) is 4. The quantitative estimate of drug-likeness (QED) is 0.732. The van der Waals surface area contributed by atoms with Gasteiger partial charge in [0, 0.05) is 41.6 Å². The first-order valence-electron chi connectivity index (χ1n) is 7.49. The highest BCUT2D eigenvalue weighted by molar-refractivity contribution is 6.30. The van der Waals surface area contributed by atoms with E-state index >= 15 is 0 Å². The van der Waals surface area contributed by atoms with Crippen molar-refractivity contribution in [3.05, 3.63) is 65.3 Å². The highest BCUT2D eigenvalue weighted by Crippen LogP contribution is 2.28. The van der Waals surface area contributed by atoms with Crippen LogP contribution in [0.3, 0.4) is 0 Å². The Kier molecular flexibility index (Phi) is 3.74. The molecule has 7 heteroatoms. The van der Waals surface area contributed by atoms with Crippen LogP contribution >= 0.6 is 11.6 Å². The first-order valence-corrected chi connectivity index (χ1v) is 7.87. The molecule has 1 aromatic carbocycles. The molecule has 0 spiro atoms. The summed E-state index contributed by atoms with van der Waals surface area (Å²) in [6, 6.07) is 10.6. The SMILES string of the molecule is O=C(c1ccc(Cl)cc1)N1CC(c2nc(-c3cccnc3)no2)C1. The molecule has 4 rings (SSSR count). The van der Waals surface area contributed by atoms with Crippen molar-refractivity contribution in [1.29, 1.82) is 0 Å². The number of amides is 1. The van der Waals surface area contributed by atoms with Gasteiger partial charge in [0.1, 0.15) is 0 Å². The van der Waals surface area contributed by atoms with Crippen LogP contribution in [0.25, 0.3) is 11.4 Å².